The fourth-order valence-electron chi connectivity index (χ4n) is 2.08. The minimum atomic E-state index is -0.421. The van der Waals surface area contributed by atoms with Gasteiger partial charge in [-0.1, -0.05) is 24.3 Å². The van der Waals surface area contributed by atoms with E-state index in [1.54, 1.807) is 12.1 Å². The van der Waals surface area contributed by atoms with Gasteiger partial charge < -0.3 is 14.8 Å². The van der Waals surface area contributed by atoms with E-state index in [4.69, 9.17) is 9.47 Å². The van der Waals surface area contributed by atoms with Crippen molar-refractivity contribution in [1.29, 1.82) is 0 Å². The molecule has 0 saturated carbocycles. The maximum Gasteiger partial charge on any atom is 0.306 e. The second-order valence-electron chi connectivity index (χ2n) is 5.46. The van der Waals surface area contributed by atoms with Crippen LogP contribution in [-0.2, 0) is 14.3 Å². The van der Waals surface area contributed by atoms with Gasteiger partial charge in [0.15, 0.2) is 6.61 Å². The molecule has 1 N–H and O–H groups in total. The van der Waals surface area contributed by atoms with Crippen molar-refractivity contribution in [3.8, 4) is 5.75 Å². The zero-order valence-corrected chi connectivity index (χ0v) is 15.5. The quantitative estimate of drug-likeness (QED) is 0.530. The average molecular weight is 406 g/mol. The number of aryl methyl sites for hydroxylation is 1. The third kappa shape index (κ3) is 6.97. The predicted molar refractivity (Wildman–Crippen MR) is 99.6 cm³/mol. The first-order valence-corrected chi connectivity index (χ1v) is 8.73. The number of esters is 1. The van der Waals surface area contributed by atoms with E-state index in [1.165, 1.54) is 0 Å². The van der Waals surface area contributed by atoms with Gasteiger partial charge >= 0.3 is 5.97 Å². The van der Waals surface area contributed by atoms with Crippen molar-refractivity contribution >= 4 is 33.5 Å². The Morgan fingerprint density at radius 2 is 1.92 bits per heavy atom. The standard InChI is InChI=1S/C19H20BrNO4/c1-14-6-4-7-15(12-14)24-11-5-10-19(23)25-13-18(22)21-17-9-3-2-8-16(17)20/h2-4,6-9,12H,5,10-11,13H2,1H3,(H,21,22). The molecule has 0 spiro atoms. The number of halogens is 1. The molecule has 0 bridgehead atoms. The molecule has 6 heteroatoms. The van der Waals surface area contributed by atoms with Gasteiger partial charge in [0.25, 0.3) is 5.91 Å². The lowest BCUT2D eigenvalue weighted by Gasteiger charge is -2.08. The molecular formula is C19H20BrNO4. The lowest BCUT2D eigenvalue weighted by Crippen LogP contribution is -2.21. The maximum absolute atomic E-state index is 11.8. The molecule has 0 aliphatic carbocycles. The van der Waals surface area contributed by atoms with E-state index in [0.717, 1.165) is 15.8 Å². The number of carbonyl (C=O) groups is 2. The zero-order chi connectivity index (χ0) is 18.1. The molecule has 0 aromatic heterocycles. The summed E-state index contributed by atoms with van der Waals surface area (Å²) in [7, 11) is 0. The summed E-state index contributed by atoms with van der Waals surface area (Å²) in [4.78, 5) is 23.4. The fraction of sp³-hybridized carbons (Fsp3) is 0.263. The van der Waals surface area contributed by atoms with Crippen molar-refractivity contribution in [3.63, 3.8) is 0 Å². The molecule has 0 unspecified atom stereocenters. The lowest BCUT2D eigenvalue weighted by atomic mass is 10.2. The summed E-state index contributed by atoms with van der Waals surface area (Å²) >= 11 is 3.33. The van der Waals surface area contributed by atoms with Crippen LogP contribution >= 0.6 is 15.9 Å². The number of nitrogens with one attached hydrogen (secondary N) is 1. The molecule has 132 valence electrons. The van der Waals surface area contributed by atoms with Gasteiger partial charge in [0.1, 0.15) is 5.75 Å². The van der Waals surface area contributed by atoms with Crippen LogP contribution in [0.25, 0.3) is 0 Å². The Bertz CT molecular complexity index is 733. The molecule has 0 saturated heterocycles. The molecule has 2 rings (SSSR count). The van der Waals surface area contributed by atoms with Gasteiger partial charge in [0.2, 0.25) is 0 Å². The van der Waals surface area contributed by atoms with E-state index >= 15 is 0 Å². The molecule has 0 atom stereocenters. The zero-order valence-electron chi connectivity index (χ0n) is 14.0. The van der Waals surface area contributed by atoms with E-state index in [1.807, 2.05) is 43.3 Å². The van der Waals surface area contributed by atoms with Crippen molar-refractivity contribution in [2.45, 2.75) is 19.8 Å². The Labute approximate surface area is 155 Å². The van der Waals surface area contributed by atoms with Crippen LogP contribution in [0.5, 0.6) is 5.75 Å². The number of benzene rings is 2. The van der Waals surface area contributed by atoms with Crippen LogP contribution in [-0.4, -0.2) is 25.1 Å². The molecule has 0 heterocycles. The number of hydrogen-bond donors (Lipinski definition) is 1. The fourth-order valence-corrected chi connectivity index (χ4v) is 2.46. The summed E-state index contributed by atoms with van der Waals surface area (Å²) in [5.74, 6) is -0.0208. The number of rotatable bonds is 8. The average Bonchev–Trinajstić information content (AvgIpc) is 2.59. The molecule has 0 fully saturated rings. The van der Waals surface area contributed by atoms with Crippen molar-refractivity contribution in [3.05, 3.63) is 58.6 Å². The highest BCUT2D eigenvalue weighted by atomic mass is 79.9. The van der Waals surface area contributed by atoms with Crippen LogP contribution < -0.4 is 10.1 Å². The SMILES string of the molecule is Cc1cccc(OCCCC(=O)OCC(=O)Nc2ccccc2Br)c1. The Morgan fingerprint density at radius 3 is 2.68 bits per heavy atom. The number of ether oxygens (including phenoxy) is 2. The molecule has 2 aromatic carbocycles. The van der Waals surface area contributed by atoms with Gasteiger partial charge in [-0.15, -0.1) is 0 Å². The minimum Gasteiger partial charge on any atom is -0.494 e. The van der Waals surface area contributed by atoms with Crippen LogP contribution in [0.3, 0.4) is 0 Å². The first-order valence-electron chi connectivity index (χ1n) is 7.94. The number of anilines is 1. The lowest BCUT2D eigenvalue weighted by molar-refractivity contribution is -0.147. The summed E-state index contributed by atoms with van der Waals surface area (Å²) in [6, 6.07) is 14.9. The predicted octanol–water partition coefficient (Wildman–Crippen LogP) is 4.10. The van der Waals surface area contributed by atoms with E-state index in [-0.39, 0.29) is 18.9 Å². The number of amides is 1. The molecule has 0 aliphatic heterocycles. The van der Waals surface area contributed by atoms with Crippen LogP contribution in [0.1, 0.15) is 18.4 Å². The van der Waals surface area contributed by atoms with Gasteiger partial charge in [-0.2, -0.15) is 0 Å². The smallest absolute Gasteiger partial charge is 0.306 e. The molecule has 1 amide bonds. The number of para-hydroxylation sites is 1. The monoisotopic (exact) mass is 405 g/mol. The minimum absolute atomic E-state index is 0.203. The largest absolute Gasteiger partial charge is 0.494 e. The van der Waals surface area contributed by atoms with Crippen molar-refractivity contribution in [2.24, 2.45) is 0 Å². The second-order valence-corrected chi connectivity index (χ2v) is 6.31. The first-order chi connectivity index (χ1) is 12.0. The van der Waals surface area contributed by atoms with Crippen molar-refractivity contribution in [2.75, 3.05) is 18.5 Å². The normalized spacial score (nSPS) is 10.2. The third-order valence-corrected chi connectivity index (χ3v) is 3.99. The van der Waals surface area contributed by atoms with E-state index in [2.05, 4.69) is 21.2 Å². The van der Waals surface area contributed by atoms with E-state index < -0.39 is 5.97 Å². The van der Waals surface area contributed by atoms with Crippen molar-refractivity contribution < 1.29 is 19.1 Å². The summed E-state index contributed by atoms with van der Waals surface area (Å²) in [6.07, 6.45) is 0.729. The third-order valence-electron chi connectivity index (χ3n) is 3.30. The van der Waals surface area contributed by atoms with Gasteiger partial charge in [-0.05, 0) is 59.1 Å². The van der Waals surface area contributed by atoms with Crippen LogP contribution in [0, 0.1) is 6.92 Å². The van der Waals surface area contributed by atoms with E-state index in [0.29, 0.717) is 18.7 Å². The number of carbonyl (C=O) groups excluding carboxylic acids is 2. The van der Waals surface area contributed by atoms with E-state index in [9.17, 15) is 9.59 Å². The summed E-state index contributed by atoms with van der Waals surface area (Å²) in [5, 5.41) is 2.67. The van der Waals surface area contributed by atoms with Crippen molar-refractivity contribution in [1.82, 2.24) is 0 Å². The maximum atomic E-state index is 11.8. The second kappa shape index (κ2) is 9.84. The first kappa shape index (κ1) is 19.0. The molecule has 5 nitrogen and oxygen atoms in total. The Morgan fingerprint density at radius 1 is 1.12 bits per heavy atom. The van der Waals surface area contributed by atoms with Crippen LogP contribution in [0.2, 0.25) is 0 Å². The Kier molecular flexibility index (Phi) is 7.47. The highest BCUT2D eigenvalue weighted by Gasteiger charge is 2.09. The molecule has 2 aromatic rings. The highest BCUT2D eigenvalue weighted by Crippen LogP contribution is 2.20. The van der Waals surface area contributed by atoms with Crippen LogP contribution in [0.4, 0.5) is 5.69 Å². The highest BCUT2D eigenvalue weighted by molar-refractivity contribution is 9.10. The summed E-state index contributed by atoms with van der Waals surface area (Å²) < 4.78 is 11.3. The van der Waals surface area contributed by atoms with Crippen LogP contribution in [0.15, 0.2) is 53.0 Å². The topological polar surface area (TPSA) is 64.6 Å². The summed E-state index contributed by atoms with van der Waals surface area (Å²) in [6.45, 7) is 2.10. The van der Waals surface area contributed by atoms with Gasteiger partial charge in [-0.3, -0.25) is 9.59 Å². The van der Waals surface area contributed by atoms with Gasteiger partial charge in [-0.25, -0.2) is 0 Å². The van der Waals surface area contributed by atoms with Gasteiger partial charge in [0.05, 0.1) is 12.3 Å². The molecule has 0 aliphatic rings. The Hall–Kier alpha value is -2.34. The van der Waals surface area contributed by atoms with Gasteiger partial charge in [0, 0.05) is 10.9 Å². The summed E-state index contributed by atoms with van der Waals surface area (Å²) in [5.41, 5.74) is 1.75. The Balaban J connectivity index is 1.62. The molecule has 25 heavy (non-hydrogen) atoms. The number of hydrogen-bond acceptors (Lipinski definition) is 4. The molecule has 0 radical (unpaired) electrons. The molecular weight excluding hydrogens is 386 g/mol.